The van der Waals surface area contributed by atoms with Gasteiger partial charge in [0.15, 0.2) is 5.69 Å². The molecule has 0 amide bonds. The molecule has 1 aromatic heterocycles. The number of halogens is 1. The van der Waals surface area contributed by atoms with Crippen LogP contribution in [0.2, 0.25) is 5.02 Å². The second kappa shape index (κ2) is 6.69. The van der Waals surface area contributed by atoms with Crippen molar-refractivity contribution in [1.82, 2.24) is 19.9 Å². The summed E-state index contributed by atoms with van der Waals surface area (Å²) in [5, 5.41) is 17.6. The second-order valence-electron chi connectivity index (χ2n) is 4.98. The van der Waals surface area contributed by atoms with Crippen molar-refractivity contribution in [3.8, 4) is 11.3 Å². The monoisotopic (exact) mass is 308 g/mol. The van der Waals surface area contributed by atoms with E-state index in [1.54, 1.807) is 28.9 Å². The first-order valence-corrected chi connectivity index (χ1v) is 6.94. The number of aromatic carboxylic acids is 1. The highest BCUT2D eigenvalue weighted by Crippen LogP contribution is 2.24. The van der Waals surface area contributed by atoms with Crippen molar-refractivity contribution >= 4 is 17.6 Å². The topological polar surface area (TPSA) is 71.2 Å². The number of hydrogen-bond donors (Lipinski definition) is 1. The lowest BCUT2D eigenvalue weighted by atomic mass is 10.1. The maximum Gasteiger partial charge on any atom is 0.358 e. The highest BCUT2D eigenvalue weighted by Gasteiger charge is 2.20. The molecular formula is C14H17ClN4O2. The molecular weight excluding hydrogens is 292 g/mol. The fourth-order valence-electron chi connectivity index (χ4n) is 2.04. The molecule has 6 nitrogen and oxygen atoms in total. The summed E-state index contributed by atoms with van der Waals surface area (Å²) in [6.45, 7) is 1.50. The summed E-state index contributed by atoms with van der Waals surface area (Å²) in [6.07, 6.45) is 0.857. The van der Waals surface area contributed by atoms with E-state index in [1.807, 2.05) is 14.1 Å². The van der Waals surface area contributed by atoms with Gasteiger partial charge < -0.3 is 10.0 Å². The number of carboxylic acid groups (broad SMARTS) is 1. The van der Waals surface area contributed by atoms with Crippen LogP contribution in [0.3, 0.4) is 0 Å². The maximum absolute atomic E-state index is 11.3. The van der Waals surface area contributed by atoms with Crippen molar-refractivity contribution in [3.63, 3.8) is 0 Å². The van der Waals surface area contributed by atoms with E-state index in [4.69, 9.17) is 11.6 Å². The summed E-state index contributed by atoms with van der Waals surface area (Å²) >= 11 is 5.87. The number of aryl methyl sites for hydroxylation is 1. The van der Waals surface area contributed by atoms with Crippen LogP contribution in [0.25, 0.3) is 11.3 Å². The number of hydrogen-bond acceptors (Lipinski definition) is 4. The molecule has 112 valence electrons. The third kappa shape index (κ3) is 3.80. The number of nitrogens with zero attached hydrogens (tertiary/aromatic N) is 4. The third-order valence-electron chi connectivity index (χ3n) is 3.03. The Hall–Kier alpha value is -1.92. The van der Waals surface area contributed by atoms with Crippen LogP contribution in [-0.4, -0.2) is 51.6 Å². The molecule has 2 aromatic rings. The van der Waals surface area contributed by atoms with Crippen LogP contribution >= 0.6 is 11.6 Å². The molecule has 0 unspecified atom stereocenters. The summed E-state index contributed by atoms with van der Waals surface area (Å²) in [5.41, 5.74) is 1.21. The zero-order valence-corrected chi connectivity index (χ0v) is 12.7. The van der Waals surface area contributed by atoms with E-state index in [0.29, 0.717) is 17.3 Å². The van der Waals surface area contributed by atoms with Gasteiger partial charge in [0.05, 0.1) is 0 Å². The lowest BCUT2D eigenvalue weighted by molar-refractivity contribution is 0.0691. The smallest absolute Gasteiger partial charge is 0.358 e. The van der Waals surface area contributed by atoms with Gasteiger partial charge in [0.1, 0.15) is 5.69 Å². The van der Waals surface area contributed by atoms with E-state index in [1.165, 1.54) is 0 Å². The average Bonchev–Trinajstić information content (AvgIpc) is 2.83. The highest BCUT2D eigenvalue weighted by molar-refractivity contribution is 6.30. The minimum Gasteiger partial charge on any atom is -0.476 e. The summed E-state index contributed by atoms with van der Waals surface area (Å²) in [4.78, 5) is 13.4. The van der Waals surface area contributed by atoms with Gasteiger partial charge in [-0.15, -0.1) is 5.10 Å². The first-order chi connectivity index (χ1) is 9.99. The minimum absolute atomic E-state index is 0.0397. The number of carboxylic acids is 1. The lowest BCUT2D eigenvalue weighted by Crippen LogP contribution is -2.16. The van der Waals surface area contributed by atoms with Gasteiger partial charge in [-0.25, -0.2) is 9.48 Å². The molecule has 1 N–H and O–H groups in total. The van der Waals surface area contributed by atoms with E-state index in [9.17, 15) is 9.90 Å². The molecule has 0 saturated heterocycles. The van der Waals surface area contributed by atoms with Gasteiger partial charge in [0.25, 0.3) is 0 Å². The molecule has 0 radical (unpaired) electrons. The Labute approximate surface area is 127 Å². The summed E-state index contributed by atoms with van der Waals surface area (Å²) in [6, 6.07) is 6.99. The van der Waals surface area contributed by atoms with Gasteiger partial charge in [-0.2, -0.15) is 0 Å². The fraction of sp³-hybridized carbons (Fsp3) is 0.357. The van der Waals surface area contributed by atoms with Gasteiger partial charge in [-0.3, -0.25) is 0 Å². The molecule has 0 spiro atoms. The van der Waals surface area contributed by atoms with Crippen LogP contribution in [0.1, 0.15) is 16.9 Å². The normalized spacial score (nSPS) is 11.0. The van der Waals surface area contributed by atoms with Crippen molar-refractivity contribution in [1.29, 1.82) is 0 Å². The highest BCUT2D eigenvalue weighted by atomic mass is 35.5. The van der Waals surface area contributed by atoms with Crippen LogP contribution in [0, 0.1) is 0 Å². The fourth-order valence-corrected chi connectivity index (χ4v) is 2.17. The lowest BCUT2D eigenvalue weighted by Gasteiger charge is -2.11. The van der Waals surface area contributed by atoms with E-state index in [2.05, 4.69) is 15.2 Å². The molecule has 0 aliphatic carbocycles. The molecule has 21 heavy (non-hydrogen) atoms. The Bertz CT molecular complexity index is 622. The Morgan fingerprint density at radius 2 is 2.00 bits per heavy atom. The van der Waals surface area contributed by atoms with E-state index in [-0.39, 0.29) is 5.69 Å². The van der Waals surface area contributed by atoms with Gasteiger partial charge in [0, 0.05) is 17.1 Å². The standard InChI is InChI=1S/C14H17ClN4O2/c1-18(2)8-3-9-19-13(12(14(20)21)16-17-19)10-4-6-11(15)7-5-10/h4-7H,3,8-9H2,1-2H3,(H,20,21). The summed E-state index contributed by atoms with van der Waals surface area (Å²) < 4.78 is 1.64. The zero-order valence-electron chi connectivity index (χ0n) is 12.0. The number of benzene rings is 1. The zero-order chi connectivity index (χ0) is 15.4. The van der Waals surface area contributed by atoms with Gasteiger partial charge in [-0.05, 0) is 39.2 Å². The molecule has 0 atom stereocenters. The Morgan fingerprint density at radius 1 is 1.33 bits per heavy atom. The second-order valence-corrected chi connectivity index (χ2v) is 5.42. The molecule has 1 aromatic carbocycles. The SMILES string of the molecule is CN(C)CCCn1nnc(C(=O)O)c1-c1ccc(Cl)cc1. The van der Waals surface area contributed by atoms with Crippen molar-refractivity contribution in [2.45, 2.75) is 13.0 Å². The molecule has 0 aliphatic rings. The Balaban J connectivity index is 2.33. The first kappa shape index (κ1) is 15.5. The van der Waals surface area contributed by atoms with E-state index >= 15 is 0 Å². The van der Waals surface area contributed by atoms with Gasteiger partial charge >= 0.3 is 5.97 Å². The minimum atomic E-state index is -1.08. The molecule has 0 fully saturated rings. The quantitative estimate of drug-likeness (QED) is 0.886. The molecule has 1 heterocycles. The van der Waals surface area contributed by atoms with E-state index < -0.39 is 5.97 Å². The van der Waals surface area contributed by atoms with Crippen molar-refractivity contribution < 1.29 is 9.90 Å². The van der Waals surface area contributed by atoms with Gasteiger partial charge in [-0.1, -0.05) is 28.9 Å². The molecule has 0 aliphatic heterocycles. The summed E-state index contributed by atoms with van der Waals surface area (Å²) in [7, 11) is 3.98. The Kier molecular flexibility index (Phi) is 4.93. The van der Waals surface area contributed by atoms with Crippen molar-refractivity contribution in [2.24, 2.45) is 0 Å². The van der Waals surface area contributed by atoms with Gasteiger partial charge in [0.2, 0.25) is 0 Å². The van der Waals surface area contributed by atoms with Crippen LogP contribution in [-0.2, 0) is 6.54 Å². The van der Waals surface area contributed by atoms with Crippen LogP contribution in [0.4, 0.5) is 0 Å². The van der Waals surface area contributed by atoms with E-state index in [0.717, 1.165) is 18.5 Å². The predicted molar refractivity (Wildman–Crippen MR) is 80.6 cm³/mol. The average molecular weight is 309 g/mol. The first-order valence-electron chi connectivity index (χ1n) is 6.56. The van der Waals surface area contributed by atoms with Crippen LogP contribution in [0.15, 0.2) is 24.3 Å². The maximum atomic E-state index is 11.3. The number of aromatic nitrogens is 3. The summed E-state index contributed by atoms with van der Waals surface area (Å²) in [5.74, 6) is -1.08. The van der Waals surface area contributed by atoms with Crippen molar-refractivity contribution in [2.75, 3.05) is 20.6 Å². The number of rotatable bonds is 6. The molecule has 0 saturated carbocycles. The Morgan fingerprint density at radius 3 is 2.57 bits per heavy atom. The van der Waals surface area contributed by atoms with Crippen molar-refractivity contribution in [3.05, 3.63) is 35.0 Å². The third-order valence-corrected chi connectivity index (χ3v) is 3.28. The number of carbonyl (C=O) groups is 1. The van der Waals surface area contributed by atoms with Crippen LogP contribution in [0.5, 0.6) is 0 Å². The molecule has 0 bridgehead atoms. The van der Waals surface area contributed by atoms with Crippen LogP contribution < -0.4 is 0 Å². The molecule has 2 rings (SSSR count). The largest absolute Gasteiger partial charge is 0.476 e. The predicted octanol–water partition coefficient (Wildman–Crippen LogP) is 2.25. The molecule has 7 heteroatoms.